The third-order valence-electron chi connectivity index (χ3n) is 3.24. The zero-order valence-electron chi connectivity index (χ0n) is 13.0. The van der Waals surface area contributed by atoms with Gasteiger partial charge >= 0.3 is 0 Å². The van der Waals surface area contributed by atoms with Gasteiger partial charge in [-0.25, -0.2) is 0 Å². The van der Waals surface area contributed by atoms with Crippen LogP contribution in [0.4, 0.5) is 0 Å². The van der Waals surface area contributed by atoms with Crippen LogP contribution in [-0.4, -0.2) is 20.2 Å². The standard InChI is InChI=1S/C15H34OSSi/c1-15(2)16-18(3,4)14-12-10-8-6-5-7-9-11-13-17/h15,17H,5-14H2,1-4H3. The van der Waals surface area contributed by atoms with Crippen LogP contribution in [0, 0.1) is 0 Å². The van der Waals surface area contributed by atoms with Gasteiger partial charge in [0.05, 0.1) is 0 Å². The summed E-state index contributed by atoms with van der Waals surface area (Å²) < 4.78 is 6.04. The summed E-state index contributed by atoms with van der Waals surface area (Å²) in [6, 6.07) is 1.32. The lowest BCUT2D eigenvalue weighted by Gasteiger charge is -2.25. The van der Waals surface area contributed by atoms with E-state index < -0.39 is 8.32 Å². The molecular weight excluding hydrogens is 256 g/mol. The van der Waals surface area contributed by atoms with E-state index in [0.717, 1.165) is 5.75 Å². The average Bonchev–Trinajstić information content (AvgIpc) is 2.25. The Morgan fingerprint density at radius 3 is 1.72 bits per heavy atom. The molecule has 0 aromatic rings. The van der Waals surface area contributed by atoms with Crippen molar-refractivity contribution < 1.29 is 4.43 Å². The molecule has 0 radical (unpaired) electrons. The quantitative estimate of drug-likeness (QED) is 0.277. The molecule has 0 aliphatic heterocycles. The minimum Gasteiger partial charge on any atom is -0.415 e. The second-order valence-electron chi connectivity index (χ2n) is 6.23. The summed E-state index contributed by atoms with van der Waals surface area (Å²) in [6.45, 7) is 9.01. The zero-order valence-corrected chi connectivity index (χ0v) is 14.9. The third kappa shape index (κ3) is 13.0. The molecule has 0 aliphatic carbocycles. The van der Waals surface area contributed by atoms with E-state index in [9.17, 15) is 0 Å². The summed E-state index contributed by atoms with van der Waals surface area (Å²) in [6.07, 6.45) is 11.5. The molecule has 0 N–H and O–H groups in total. The molecule has 0 atom stereocenters. The Hall–Kier alpha value is 0.527. The van der Waals surface area contributed by atoms with E-state index in [0.29, 0.717) is 6.10 Å². The highest BCUT2D eigenvalue weighted by Gasteiger charge is 2.22. The molecule has 0 aliphatic rings. The van der Waals surface area contributed by atoms with E-state index in [1.165, 1.54) is 57.4 Å². The highest BCUT2D eigenvalue weighted by molar-refractivity contribution is 7.80. The van der Waals surface area contributed by atoms with Gasteiger partial charge in [-0.3, -0.25) is 0 Å². The zero-order chi connectivity index (χ0) is 13.9. The van der Waals surface area contributed by atoms with Gasteiger partial charge in [0, 0.05) is 6.10 Å². The van der Waals surface area contributed by atoms with Crippen molar-refractivity contribution in [3.63, 3.8) is 0 Å². The third-order valence-corrected chi connectivity index (χ3v) is 6.23. The van der Waals surface area contributed by atoms with Gasteiger partial charge in [-0.1, -0.05) is 44.9 Å². The van der Waals surface area contributed by atoms with Crippen LogP contribution in [-0.2, 0) is 4.43 Å². The molecule has 0 aromatic heterocycles. The van der Waals surface area contributed by atoms with Gasteiger partial charge in [-0.05, 0) is 45.2 Å². The molecule has 0 heterocycles. The van der Waals surface area contributed by atoms with Gasteiger partial charge in [-0.2, -0.15) is 12.6 Å². The van der Waals surface area contributed by atoms with Crippen molar-refractivity contribution >= 4 is 20.9 Å². The Labute approximate surface area is 122 Å². The monoisotopic (exact) mass is 290 g/mol. The summed E-state index contributed by atoms with van der Waals surface area (Å²) >= 11 is 4.23. The molecular formula is C15H34OSSi. The lowest BCUT2D eigenvalue weighted by atomic mass is 10.1. The van der Waals surface area contributed by atoms with Crippen LogP contribution in [0.1, 0.15) is 65.2 Å². The SMILES string of the molecule is CC(C)O[Si](C)(C)CCCCCCCCCCS. The normalized spacial score (nSPS) is 12.3. The van der Waals surface area contributed by atoms with Crippen molar-refractivity contribution in [2.24, 2.45) is 0 Å². The predicted molar refractivity (Wildman–Crippen MR) is 89.3 cm³/mol. The van der Waals surface area contributed by atoms with Crippen molar-refractivity contribution in [2.45, 2.75) is 90.5 Å². The molecule has 0 rings (SSSR count). The van der Waals surface area contributed by atoms with Gasteiger partial charge in [0.2, 0.25) is 0 Å². The van der Waals surface area contributed by atoms with E-state index in [2.05, 4.69) is 39.6 Å². The molecule has 0 saturated carbocycles. The first-order chi connectivity index (χ1) is 8.48. The van der Waals surface area contributed by atoms with Crippen LogP contribution >= 0.6 is 12.6 Å². The molecule has 1 nitrogen and oxygen atoms in total. The van der Waals surface area contributed by atoms with Gasteiger partial charge in [0.15, 0.2) is 8.32 Å². The Kier molecular flexibility index (Phi) is 11.7. The minimum absolute atomic E-state index is 0.401. The van der Waals surface area contributed by atoms with Crippen molar-refractivity contribution in [1.29, 1.82) is 0 Å². The van der Waals surface area contributed by atoms with Crippen LogP contribution in [0.3, 0.4) is 0 Å². The Balaban J connectivity index is 3.29. The van der Waals surface area contributed by atoms with Gasteiger partial charge in [0.1, 0.15) is 0 Å². The fourth-order valence-electron chi connectivity index (χ4n) is 2.42. The number of unbranched alkanes of at least 4 members (excludes halogenated alkanes) is 7. The number of thiol groups is 1. The van der Waals surface area contributed by atoms with Crippen LogP contribution < -0.4 is 0 Å². The molecule has 3 heteroatoms. The molecule has 0 fully saturated rings. The molecule has 0 amide bonds. The fraction of sp³-hybridized carbons (Fsp3) is 1.00. The van der Waals surface area contributed by atoms with Gasteiger partial charge in [0.25, 0.3) is 0 Å². The summed E-state index contributed by atoms with van der Waals surface area (Å²) in [5.41, 5.74) is 0. The second kappa shape index (κ2) is 11.4. The topological polar surface area (TPSA) is 9.23 Å². The molecule has 0 aromatic carbocycles. The van der Waals surface area contributed by atoms with Gasteiger partial charge in [-0.15, -0.1) is 0 Å². The molecule has 0 bridgehead atoms. The van der Waals surface area contributed by atoms with Crippen LogP contribution in [0.25, 0.3) is 0 Å². The first kappa shape index (κ1) is 18.5. The summed E-state index contributed by atoms with van der Waals surface area (Å²) in [4.78, 5) is 0. The molecule has 0 spiro atoms. The Morgan fingerprint density at radius 1 is 0.833 bits per heavy atom. The lowest BCUT2D eigenvalue weighted by Crippen LogP contribution is -2.33. The number of hydrogen-bond acceptors (Lipinski definition) is 2. The molecule has 0 unspecified atom stereocenters. The average molecular weight is 291 g/mol. The van der Waals surface area contributed by atoms with Crippen molar-refractivity contribution in [2.75, 3.05) is 5.75 Å². The van der Waals surface area contributed by atoms with Gasteiger partial charge < -0.3 is 4.43 Å². The van der Waals surface area contributed by atoms with Crippen molar-refractivity contribution in [3.05, 3.63) is 0 Å². The largest absolute Gasteiger partial charge is 0.415 e. The molecule has 18 heavy (non-hydrogen) atoms. The van der Waals surface area contributed by atoms with E-state index in [1.54, 1.807) is 0 Å². The second-order valence-corrected chi connectivity index (χ2v) is 10.9. The summed E-state index contributed by atoms with van der Waals surface area (Å²) in [7, 11) is -1.36. The Bertz CT molecular complexity index is 183. The predicted octanol–water partition coefficient (Wildman–Crippen LogP) is 5.67. The van der Waals surface area contributed by atoms with Crippen LogP contribution in [0.15, 0.2) is 0 Å². The summed E-state index contributed by atoms with van der Waals surface area (Å²) in [5.74, 6) is 1.05. The number of rotatable bonds is 12. The Morgan fingerprint density at radius 2 is 1.28 bits per heavy atom. The fourth-order valence-corrected chi connectivity index (χ4v) is 5.14. The first-order valence-corrected chi connectivity index (χ1v) is 11.5. The minimum atomic E-state index is -1.36. The smallest absolute Gasteiger partial charge is 0.187 e. The highest BCUT2D eigenvalue weighted by Crippen LogP contribution is 2.19. The molecule has 0 saturated heterocycles. The van der Waals surface area contributed by atoms with Crippen molar-refractivity contribution in [1.82, 2.24) is 0 Å². The van der Waals surface area contributed by atoms with Crippen molar-refractivity contribution in [3.8, 4) is 0 Å². The maximum atomic E-state index is 6.04. The van der Waals surface area contributed by atoms with E-state index in [4.69, 9.17) is 4.43 Å². The maximum absolute atomic E-state index is 6.04. The lowest BCUT2D eigenvalue weighted by molar-refractivity contribution is 0.230. The van der Waals surface area contributed by atoms with E-state index >= 15 is 0 Å². The number of hydrogen-bond donors (Lipinski definition) is 1. The summed E-state index contributed by atoms with van der Waals surface area (Å²) in [5, 5.41) is 0. The van der Waals surface area contributed by atoms with Crippen LogP contribution in [0.5, 0.6) is 0 Å². The van der Waals surface area contributed by atoms with Crippen LogP contribution in [0.2, 0.25) is 19.1 Å². The molecule has 110 valence electrons. The first-order valence-electron chi connectivity index (χ1n) is 7.76. The van der Waals surface area contributed by atoms with E-state index in [1.807, 2.05) is 0 Å². The van der Waals surface area contributed by atoms with E-state index in [-0.39, 0.29) is 0 Å². The highest BCUT2D eigenvalue weighted by atomic mass is 32.1. The maximum Gasteiger partial charge on any atom is 0.187 e.